The molecule has 0 bridgehead atoms. The molecule has 37 heavy (non-hydrogen) atoms. The normalized spacial score (nSPS) is 17.0. The number of carboxylic acids is 1. The van der Waals surface area contributed by atoms with Gasteiger partial charge in [-0.2, -0.15) is 5.10 Å². The average molecular weight is 498 g/mol. The van der Waals surface area contributed by atoms with Crippen molar-refractivity contribution in [2.45, 2.75) is 32.0 Å². The Labute approximate surface area is 214 Å². The fourth-order valence-electron chi connectivity index (χ4n) is 4.56. The highest BCUT2D eigenvalue weighted by atomic mass is 16.6. The van der Waals surface area contributed by atoms with E-state index in [2.05, 4.69) is 5.10 Å². The Morgan fingerprint density at radius 2 is 1.86 bits per heavy atom. The smallest absolute Gasteiger partial charge is 0.411 e. The molecular weight excluding hydrogens is 470 g/mol. The number of cyclic esters (lactones) is 1. The summed E-state index contributed by atoms with van der Waals surface area (Å²) in [5.41, 5.74) is 4.26. The molecule has 4 aromatic rings. The van der Waals surface area contributed by atoms with Crippen molar-refractivity contribution >= 4 is 12.1 Å². The van der Waals surface area contributed by atoms with Gasteiger partial charge >= 0.3 is 12.1 Å². The Bertz CT molecular complexity index is 1430. The lowest BCUT2D eigenvalue weighted by Gasteiger charge is -2.23. The quantitative estimate of drug-likeness (QED) is 0.341. The first-order chi connectivity index (χ1) is 17.9. The highest BCUT2D eigenvalue weighted by molar-refractivity contribution is 5.72. The summed E-state index contributed by atoms with van der Waals surface area (Å²) in [4.78, 5) is 25.8. The van der Waals surface area contributed by atoms with E-state index in [0.717, 1.165) is 22.3 Å². The Morgan fingerprint density at radius 1 is 1.05 bits per heavy atom. The molecule has 1 aliphatic heterocycles. The van der Waals surface area contributed by atoms with Crippen LogP contribution in [0.25, 0.3) is 11.1 Å². The van der Waals surface area contributed by atoms with Crippen molar-refractivity contribution in [1.29, 1.82) is 0 Å². The van der Waals surface area contributed by atoms with Crippen LogP contribution >= 0.6 is 0 Å². The molecule has 0 radical (unpaired) electrons. The highest BCUT2D eigenvalue weighted by Crippen LogP contribution is 2.37. The summed E-state index contributed by atoms with van der Waals surface area (Å²) in [6.07, 6.45) is 2.86. The maximum absolute atomic E-state index is 12.9. The van der Waals surface area contributed by atoms with Crippen LogP contribution in [0.3, 0.4) is 0 Å². The second kappa shape index (κ2) is 10.2. The van der Waals surface area contributed by atoms with Gasteiger partial charge in [-0.1, -0.05) is 48.5 Å². The topological polar surface area (TPSA) is 93.9 Å². The zero-order chi connectivity index (χ0) is 25.9. The first kappa shape index (κ1) is 24.1. The molecule has 1 fully saturated rings. The number of aryl methyl sites for hydroxylation is 1. The molecule has 3 aromatic carbocycles. The number of rotatable bonds is 8. The van der Waals surface area contributed by atoms with Crippen LogP contribution in [0.5, 0.6) is 11.5 Å². The van der Waals surface area contributed by atoms with E-state index >= 15 is 0 Å². The fourth-order valence-corrected chi connectivity index (χ4v) is 4.56. The lowest BCUT2D eigenvalue weighted by Crippen LogP contribution is -2.31. The van der Waals surface area contributed by atoms with E-state index in [1.54, 1.807) is 40.0 Å². The highest BCUT2D eigenvalue weighted by Gasteiger charge is 2.39. The number of nitrogens with zero attached hydrogens (tertiary/aromatic N) is 3. The third kappa shape index (κ3) is 5.33. The van der Waals surface area contributed by atoms with E-state index in [4.69, 9.17) is 14.6 Å². The Balaban J connectivity index is 1.47. The molecule has 2 atom stereocenters. The molecule has 188 valence electrons. The summed E-state index contributed by atoms with van der Waals surface area (Å²) < 4.78 is 13.7. The summed E-state index contributed by atoms with van der Waals surface area (Å²) in [5.74, 6) is 0.185. The predicted molar refractivity (Wildman–Crippen MR) is 137 cm³/mol. The van der Waals surface area contributed by atoms with E-state index in [9.17, 15) is 9.59 Å². The van der Waals surface area contributed by atoms with Gasteiger partial charge in [-0.25, -0.2) is 4.79 Å². The van der Waals surface area contributed by atoms with Gasteiger partial charge in [-0.3, -0.25) is 14.4 Å². The maximum atomic E-state index is 12.9. The summed E-state index contributed by atoms with van der Waals surface area (Å²) in [6, 6.07) is 22.3. The molecule has 0 aliphatic carbocycles. The molecule has 0 unspecified atom stereocenters. The number of ether oxygens (including phenoxy) is 2. The van der Waals surface area contributed by atoms with E-state index in [1.807, 2.05) is 68.7 Å². The molecule has 8 nitrogen and oxygen atoms in total. The SMILES string of the molecule is C[C@H]1[C@@H](c2ccccc2)OC(=O)N1Cc1cc(-c2cnn(C)c2)ccc1Oc1cccc(CC(=O)O)c1. The van der Waals surface area contributed by atoms with Crippen LogP contribution in [-0.2, 0) is 29.5 Å². The molecule has 1 aromatic heterocycles. The minimum atomic E-state index is -0.909. The van der Waals surface area contributed by atoms with Gasteiger partial charge in [-0.05, 0) is 47.9 Å². The van der Waals surface area contributed by atoms with Crippen LogP contribution in [0.15, 0.2) is 85.2 Å². The van der Waals surface area contributed by atoms with Crippen LogP contribution in [0.4, 0.5) is 4.79 Å². The summed E-state index contributed by atoms with van der Waals surface area (Å²) in [5, 5.41) is 13.4. The van der Waals surface area contributed by atoms with Gasteiger partial charge in [0.05, 0.1) is 25.2 Å². The van der Waals surface area contributed by atoms with Crippen molar-refractivity contribution in [3.8, 4) is 22.6 Å². The number of carbonyl (C=O) groups excluding carboxylic acids is 1. The molecule has 1 saturated heterocycles. The van der Waals surface area contributed by atoms with Crippen molar-refractivity contribution in [2.24, 2.45) is 7.05 Å². The minimum absolute atomic E-state index is 0.0952. The number of carbonyl (C=O) groups is 2. The second-order valence-electron chi connectivity index (χ2n) is 9.13. The van der Waals surface area contributed by atoms with E-state index in [1.165, 1.54) is 0 Å². The lowest BCUT2D eigenvalue weighted by atomic mass is 10.0. The van der Waals surface area contributed by atoms with Crippen LogP contribution < -0.4 is 4.74 Å². The molecule has 5 rings (SSSR count). The number of hydrogen-bond donors (Lipinski definition) is 1. The monoisotopic (exact) mass is 497 g/mol. The van der Waals surface area contributed by atoms with Crippen molar-refractivity contribution in [3.05, 3.63) is 102 Å². The summed E-state index contributed by atoms with van der Waals surface area (Å²) in [6.45, 7) is 2.25. The summed E-state index contributed by atoms with van der Waals surface area (Å²) in [7, 11) is 1.86. The van der Waals surface area contributed by atoms with E-state index in [0.29, 0.717) is 17.1 Å². The minimum Gasteiger partial charge on any atom is -0.481 e. The molecule has 1 N–H and O–H groups in total. The predicted octanol–water partition coefficient (Wildman–Crippen LogP) is 5.59. The van der Waals surface area contributed by atoms with E-state index < -0.39 is 5.97 Å². The van der Waals surface area contributed by atoms with Crippen molar-refractivity contribution in [2.75, 3.05) is 0 Å². The number of benzene rings is 3. The van der Waals surface area contributed by atoms with Crippen LogP contribution in [0.2, 0.25) is 0 Å². The van der Waals surface area contributed by atoms with Crippen LogP contribution in [-0.4, -0.2) is 37.9 Å². The van der Waals surface area contributed by atoms with Gasteiger partial charge in [0.1, 0.15) is 17.6 Å². The van der Waals surface area contributed by atoms with Gasteiger partial charge in [0.15, 0.2) is 0 Å². The van der Waals surface area contributed by atoms with Crippen LogP contribution in [0, 0.1) is 0 Å². The number of aromatic nitrogens is 2. The fraction of sp³-hybridized carbons (Fsp3) is 0.207. The Hall–Kier alpha value is -4.59. The van der Waals surface area contributed by atoms with E-state index in [-0.39, 0.29) is 31.2 Å². The van der Waals surface area contributed by atoms with Crippen LogP contribution in [0.1, 0.15) is 29.7 Å². The van der Waals surface area contributed by atoms with Crippen molar-refractivity contribution < 1.29 is 24.2 Å². The zero-order valence-electron chi connectivity index (χ0n) is 20.6. The molecule has 1 amide bonds. The number of hydrogen-bond acceptors (Lipinski definition) is 5. The number of amides is 1. The maximum Gasteiger partial charge on any atom is 0.411 e. The van der Waals surface area contributed by atoms with Gasteiger partial charge in [0, 0.05) is 24.4 Å². The molecule has 1 aliphatic rings. The largest absolute Gasteiger partial charge is 0.481 e. The first-order valence-corrected chi connectivity index (χ1v) is 12.0. The Kier molecular flexibility index (Phi) is 6.64. The molecule has 0 spiro atoms. The number of carboxylic acid groups (broad SMARTS) is 1. The third-order valence-corrected chi connectivity index (χ3v) is 6.44. The standard InChI is InChI=1S/C29H27N3O5/c1-19-28(21-8-4-3-5-9-21)37-29(35)32(19)18-23-15-22(24-16-30-31(2)17-24)11-12-26(23)36-25-10-6-7-20(13-25)14-27(33)34/h3-13,15-17,19,28H,14,18H2,1-2H3,(H,33,34)/t19-,28-/m0/s1. The molecule has 0 saturated carbocycles. The Morgan fingerprint density at radius 3 is 2.59 bits per heavy atom. The summed E-state index contributed by atoms with van der Waals surface area (Å²) >= 11 is 0. The lowest BCUT2D eigenvalue weighted by molar-refractivity contribution is -0.136. The van der Waals surface area contributed by atoms with Crippen molar-refractivity contribution in [3.63, 3.8) is 0 Å². The number of aliphatic carboxylic acids is 1. The average Bonchev–Trinajstić information content (AvgIpc) is 3.43. The van der Waals surface area contributed by atoms with Gasteiger partial charge < -0.3 is 14.6 Å². The molecule has 8 heteroatoms. The van der Waals surface area contributed by atoms with Gasteiger partial charge in [0.2, 0.25) is 0 Å². The zero-order valence-corrected chi connectivity index (χ0v) is 20.6. The molecular formula is C29H27N3O5. The molecule has 2 heterocycles. The van der Waals surface area contributed by atoms with Gasteiger partial charge in [0.25, 0.3) is 0 Å². The van der Waals surface area contributed by atoms with Crippen molar-refractivity contribution in [1.82, 2.24) is 14.7 Å². The first-order valence-electron chi connectivity index (χ1n) is 12.0. The van der Waals surface area contributed by atoms with Gasteiger partial charge in [-0.15, -0.1) is 0 Å². The second-order valence-corrected chi connectivity index (χ2v) is 9.13. The third-order valence-electron chi connectivity index (χ3n) is 6.44.